The Morgan fingerprint density at radius 1 is 1.47 bits per heavy atom. The number of halogens is 1. The summed E-state index contributed by atoms with van der Waals surface area (Å²) in [5.74, 6) is 0. The number of sulfonamides is 1. The van der Waals surface area contributed by atoms with Crippen LogP contribution in [0.2, 0.25) is 5.02 Å². The summed E-state index contributed by atoms with van der Waals surface area (Å²) in [4.78, 5) is 9.57. The molecule has 0 saturated carbocycles. The average Bonchev–Trinajstić information content (AvgIpc) is 2.06. The van der Waals surface area contributed by atoms with Gasteiger partial charge in [0.2, 0.25) is 10.0 Å². The predicted molar refractivity (Wildman–Crippen MR) is 54.2 cm³/mol. The van der Waals surface area contributed by atoms with Crippen molar-refractivity contribution in [3.63, 3.8) is 0 Å². The zero-order chi connectivity index (χ0) is 11.8. The zero-order valence-corrected chi connectivity index (χ0v) is 9.17. The Bertz CT molecular complexity index is 526. The van der Waals surface area contributed by atoms with E-state index in [0.29, 0.717) is 0 Å². The molecule has 0 unspecified atom stereocenters. The topological polar surface area (TPSA) is 103 Å². The van der Waals surface area contributed by atoms with Crippen LogP contribution >= 0.6 is 11.6 Å². The van der Waals surface area contributed by atoms with E-state index < -0.39 is 14.9 Å². The highest BCUT2D eigenvalue weighted by Gasteiger charge is 2.19. The molecule has 0 atom stereocenters. The van der Waals surface area contributed by atoms with Gasteiger partial charge in [0.15, 0.2) is 0 Å². The Kier molecular flexibility index (Phi) is 2.98. The molecule has 15 heavy (non-hydrogen) atoms. The number of nitrogens with two attached hydrogens (primary N) is 1. The molecule has 6 nitrogen and oxygen atoms in total. The van der Waals surface area contributed by atoms with E-state index in [-0.39, 0.29) is 21.2 Å². The van der Waals surface area contributed by atoms with Crippen molar-refractivity contribution < 1.29 is 13.3 Å². The third-order valence-electron chi connectivity index (χ3n) is 1.75. The van der Waals surface area contributed by atoms with Gasteiger partial charge < -0.3 is 0 Å². The summed E-state index contributed by atoms with van der Waals surface area (Å²) in [5.41, 5.74) is -0.157. The van der Waals surface area contributed by atoms with Gasteiger partial charge in [0.05, 0.1) is 9.82 Å². The first-order chi connectivity index (χ1) is 6.73. The normalized spacial score (nSPS) is 11.4. The van der Waals surface area contributed by atoms with Gasteiger partial charge in [0.1, 0.15) is 5.02 Å². The first kappa shape index (κ1) is 11.9. The van der Waals surface area contributed by atoms with Gasteiger partial charge in [-0.3, -0.25) is 10.1 Å². The second kappa shape index (κ2) is 3.76. The third-order valence-corrected chi connectivity index (χ3v) is 3.10. The Morgan fingerprint density at radius 3 is 2.40 bits per heavy atom. The molecule has 0 spiro atoms. The van der Waals surface area contributed by atoms with Crippen LogP contribution in [0.5, 0.6) is 0 Å². The van der Waals surface area contributed by atoms with E-state index >= 15 is 0 Å². The predicted octanol–water partition coefficient (Wildman–Crippen LogP) is 1.20. The van der Waals surface area contributed by atoms with E-state index in [1.807, 2.05) is 0 Å². The van der Waals surface area contributed by atoms with Crippen LogP contribution in [0.3, 0.4) is 0 Å². The fourth-order valence-electron chi connectivity index (χ4n) is 1.09. The molecule has 1 aromatic rings. The Balaban J connectivity index is 3.52. The van der Waals surface area contributed by atoms with Crippen molar-refractivity contribution in [1.82, 2.24) is 0 Å². The summed E-state index contributed by atoms with van der Waals surface area (Å²) >= 11 is 5.54. The molecule has 8 heteroatoms. The first-order valence-corrected chi connectivity index (χ1v) is 5.63. The number of hydrogen-bond donors (Lipinski definition) is 1. The number of aryl methyl sites for hydroxylation is 1. The number of nitro groups is 1. The van der Waals surface area contributed by atoms with E-state index in [1.165, 1.54) is 6.92 Å². The maximum absolute atomic E-state index is 11.0. The second-order valence-electron chi connectivity index (χ2n) is 2.87. The number of nitro benzene ring substituents is 1. The Morgan fingerprint density at radius 2 is 2.00 bits per heavy atom. The SMILES string of the molecule is Cc1cc([N+](=O)[O-])c(Cl)cc1S(N)(=O)=O. The maximum atomic E-state index is 11.0. The lowest BCUT2D eigenvalue weighted by atomic mass is 10.2. The molecule has 0 aliphatic rings. The molecule has 1 rings (SSSR count). The van der Waals surface area contributed by atoms with Gasteiger partial charge in [-0.15, -0.1) is 0 Å². The fraction of sp³-hybridized carbons (Fsp3) is 0.143. The molecule has 0 saturated heterocycles. The monoisotopic (exact) mass is 250 g/mol. The van der Waals surface area contributed by atoms with Crippen LogP contribution < -0.4 is 5.14 Å². The Labute approximate surface area is 90.9 Å². The van der Waals surface area contributed by atoms with E-state index in [2.05, 4.69) is 0 Å². The lowest BCUT2D eigenvalue weighted by Gasteiger charge is -2.04. The highest BCUT2D eigenvalue weighted by molar-refractivity contribution is 7.89. The van der Waals surface area contributed by atoms with E-state index in [0.717, 1.165) is 12.1 Å². The van der Waals surface area contributed by atoms with Crippen molar-refractivity contribution in [1.29, 1.82) is 0 Å². The standard InChI is InChI=1S/C7H7ClN2O4S/c1-4-2-6(10(11)12)5(8)3-7(4)15(9,13)14/h2-3H,1H3,(H2,9,13,14). The van der Waals surface area contributed by atoms with Crippen LogP contribution in [0, 0.1) is 17.0 Å². The van der Waals surface area contributed by atoms with Gasteiger partial charge in [-0.25, -0.2) is 13.6 Å². The van der Waals surface area contributed by atoms with Crippen LogP contribution in [0.25, 0.3) is 0 Å². The largest absolute Gasteiger partial charge is 0.288 e. The maximum Gasteiger partial charge on any atom is 0.288 e. The molecule has 0 aliphatic carbocycles. The minimum atomic E-state index is -3.91. The van der Waals surface area contributed by atoms with Crippen molar-refractivity contribution in [2.45, 2.75) is 11.8 Å². The average molecular weight is 251 g/mol. The molecule has 0 amide bonds. The van der Waals surface area contributed by atoms with Gasteiger partial charge in [-0.1, -0.05) is 11.6 Å². The van der Waals surface area contributed by atoms with Crippen LogP contribution in [-0.4, -0.2) is 13.3 Å². The van der Waals surface area contributed by atoms with Crippen LogP contribution in [0.15, 0.2) is 17.0 Å². The number of primary sulfonamides is 1. The van der Waals surface area contributed by atoms with E-state index in [9.17, 15) is 18.5 Å². The summed E-state index contributed by atoms with van der Waals surface area (Å²) in [7, 11) is -3.91. The highest BCUT2D eigenvalue weighted by Crippen LogP contribution is 2.29. The molecule has 0 bridgehead atoms. The lowest BCUT2D eigenvalue weighted by Crippen LogP contribution is -2.13. The zero-order valence-electron chi connectivity index (χ0n) is 7.60. The van der Waals surface area contributed by atoms with Crippen molar-refractivity contribution in [2.75, 3.05) is 0 Å². The Hall–Kier alpha value is -1.18. The second-order valence-corrected chi connectivity index (χ2v) is 4.81. The summed E-state index contributed by atoms with van der Waals surface area (Å²) in [6, 6.07) is 2.05. The summed E-state index contributed by atoms with van der Waals surface area (Å²) in [5, 5.41) is 15.1. The molecule has 1 aromatic carbocycles. The molecular formula is C7H7ClN2O4S. The number of nitrogens with zero attached hydrogens (tertiary/aromatic N) is 1. The van der Waals surface area contributed by atoms with E-state index in [1.54, 1.807) is 0 Å². The number of rotatable bonds is 2. The summed E-state index contributed by atoms with van der Waals surface area (Å²) < 4.78 is 22.1. The van der Waals surface area contributed by atoms with Crippen LogP contribution in [0.4, 0.5) is 5.69 Å². The molecule has 2 N–H and O–H groups in total. The first-order valence-electron chi connectivity index (χ1n) is 3.71. The highest BCUT2D eigenvalue weighted by atomic mass is 35.5. The van der Waals surface area contributed by atoms with Gasteiger partial charge in [0.25, 0.3) is 5.69 Å². The minimum absolute atomic E-state index is 0.189. The van der Waals surface area contributed by atoms with Crippen molar-refractivity contribution >= 4 is 27.3 Å². The van der Waals surface area contributed by atoms with Crippen LogP contribution in [0.1, 0.15) is 5.56 Å². The van der Waals surface area contributed by atoms with Crippen molar-refractivity contribution in [3.8, 4) is 0 Å². The third kappa shape index (κ3) is 2.44. The minimum Gasteiger partial charge on any atom is -0.258 e. The fourth-order valence-corrected chi connectivity index (χ4v) is 2.18. The van der Waals surface area contributed by atoms with Gasteiger partial charge in [-0.05, 0) is 18.6 Å². The summed E-state index contributed by atoms with van der Waals surface area (Å²) in [6.07, 6.45) is 0. The van der Waals surface area contributed by atoms with Crippen molar-refractivity contribution in [2.24, 2.45) is 5.14 Å². The smallest absolute Gasteiger partial charge is 0.258 e. The molecule has 0 fully saturated rings. The number of benzene rings is 1. The molecular weight excluding hydrogens is 244 g/mol. The van der Waals surface area contributed by atoms with E-state index in [4.69, 9.17) is 16.7 Å². The van der Waals surface area contributed by atoms with Gasteiger partial charge >= 0.3 is 0 Å². The lowest BCUT2D eigenvalue weighted by molar-refractivity contribution is -0.384. The molecule has 0 aliphatic heterocycles. The van der Waals surface area contributed by atoms with Crippen molar-refractivity contribution in [3.05, 3.63) is 32.8 Å². The van der Waals surface area contributed by atoms with Gasteiger partial charge in [-0.2, -0.15) is 0 Å². The molecule has 0 aromatic heterocycles. The van der Waals surface area contributed by atoms with Crippen LogP contribution in [-0.2, 0) is 10.0 Å². The molecule has 0 heterocycles. The quantitative estimate of drug-likeness (QED) is 0.629. The molecule has 82 valence electrons. The van der Waals surface area contributed by atoms with Gasteiger partial charge in [0, 0.05) is 6.07 Å². The summed E-state index contributed by atoms with van der Waals surface area (Å²) in [6.45, 7) is 1.41. The number of hydrogen-bond acceptors (Lipinski definition) is 4. The molecule has 0 radical (unpaired) electrons.